The highest BCUT2D eigenvalue weighted by Gasteiger charge is 2.20. The first-order valence-electron chi connectivity index (χ1n) is 8.38. The van der Waals surface area contributed by atoms with Gasteiger partial charge in [-0.05, 0) is 35.4 Å². The first kappa shape index (κ1) is 18.7. The van der Waals surface area contributed by atoms with E-state index < -0.39 is 0 Å². The van der Waals surface area contributed by atoms with E-state index in [-0.39, 0.29) is 23.9 Å². The third-order valence-electron chi connectivity index (χ3n) is 4.26. The number of carbonyl (C=O) groups excluding carboxylic acids is 2. The van der Waals surface area contributed by atoms with Crippen LogP contribution in [0.3, 0.4) is 0 Å². The van der Waals surface area contributed by atoms with Gasteiger partial charge in [-0.25, -0.2) is 0 Å². The molecule has 0 heterocycles. The zero-order valence-corrected chi connectivity index (χ0v) is 15.0. The summed E-state index contributed by atoms with van der Waals surface area (Å²) < 4.78 is 10.4. The Labute approximate surface area is 148 Å². The average Bonchev–Trinajstić information content (AvgIpc) is 2.66. The summed E-state index contributed by atoms with van der Waals surface area (Å²) in [6, 6.07) is 15.4. The van der Waals surface area contributed by atoms with Gasteiger partial charge in [0.15, 0.2) is 0 Å². The minimum Gasteiger partial charge on any atom is -0.497 e. The molecule has 2 aromatic rings. The van der Waals surface area contributed by atoms with Crippen LogP contribution < -0.4 is 9.47 Å². The van der Waals surface area contributed by atoms with Gasteiger partial charge in [-0.2, -0.15) is 0 Å². The van der Waals surface area contributed by atoms with Crippen molar-refractivity contribution in [2.45, 2.75) is 32.1 Å². The van der Waals surface area contributed by atoms with Crippen LogP contribution in [-0.2, 0) is 9.59 Å². The molecule has 0 saturated heterocycles. The van der Waals surface area contributed by atoms with Crippen LogP contribution in [-0.4, -0.2) is 25.8 Å². The van der Waals surface area contributed by atoms with Gasteiger partial charge in [-0.1, -0.05) is 31.2 Å². The van der Waals surface area contributed by atoms with E-state index in [0.717, 1.165) is 22.6 Å². The van der Waals surface area contributed by atoms with Crippen molar-refractivity contribution in [1.29, 1.82) is 0 Å². The Balaban J connectivity index is 2.28. The number of hydrogen-bond donors (Lipinski definition) is 0. The van der Waals surface area contributed by atoms with Crippen molar-refractivity contribution >= 4 is 11.6 Å². The lowest BCUT2D eigenvalue weighted by Gasteiger charge is -2.18. The quantitative estimate of drug-likeness (QED) is 0.643. The van der Waals surface area contributed by atoms with E-state index in [4.69, 9.17) is 9.47 Å². The van der Waals surface area contributed by atoms with Gasteiger partial charge in [0.1, 0.15) is 23.1 Å². The number of hydrogen-bond acceptors (Lipinski definition) is 4. The average molecular weight is 340 g/mol. The molecule has 0 unspecified atom stereocenters. The fourth-order valence-electron chi connectivity index (χ4n) is 2.75. The van der Waals surface area contributed by atoms with Gasteiger partial charge in [-0.15, -0.1) is 0 Å². The molecule has 0 N–H and O–H groups in total. The van der Waals surface area contributed by atoms with Gasteiger partial charge in [0.25, 0.3) is 0 Å². The summed E-state index contributed by atoms with van der Waals surface area (Å²) in [5, 5.41) is 0. The first-order valence-corrected chi connectivity index (χ1v) is 8.38. The molecule has 0 spiro atoms. The smallest absolute Gasteiger partial charge is 0.141 e. The molecule has 0 atom stereocenters. The summed E-state index contributed by atoms with van der Waals surface area (Å²) in [5.74, 6) is 1.38. The molecular weight excluding hydrogens is 316 g/mol. The van der Waals surface area contributed by atoms with Crippen molar-refractivity contribution in [2.75, 3.05) is 14.2 Å². The van der Waals surface area contributed by atoms with E-state index in [2.05, 4.69) is 0 Å². The normalized spacial score (nSPS) is 10.6. The topological polar surface area (TPSA) is 52.6 Å². The van der Waals surface area contributed by atoms with E-state index in [1.165, 1.54) is 0 Å². The number of benzene rings is 2. The molecule has 0 saturated carbocycles. The summed E-state index contributed by atoms with van der Waals surface area (Å²) in [5.41, 5.74) is 2.03. The second kappa shape index (κ2) is 9.02. The molecule has 0 aliphatic carbocycles. The monoisotopic (exact) mass is 340 g/mol. The summed E-state index contributed by atoms with van der Waals surface area (Å²) in [4.78, 5) is 23.9. The summed E-state index contributed by atoms with van der Waals surface area (Å²) in [7, 11) is 3.24. The molecule has 0 aliphatic rings. The van der Waals surface area contributed by atoms with Crippen LogP contribution in [0.15, 0.2) is 48.5 Å². The molecule has 2 rings (SSSR count). The Morgan fingerprint density at radius 1 is 0.800 bits per heavy atom. The Hall–Kier alpha value is -2.62. The molecule has 2 aromatic carbocycles. The zero-order chi connectivity index (χ0) is 18.2. The summed E-state index contributed by atoms with van der Waals surface area (Å²) in [6.07, 6.45) is 0.686. The van der Waals surface area contributed by atoms with Crippen LogP contribution in [0, 0.1) is 0 Å². The number of Topliss-reactive ketones (excluding diaryl/α,β-unsaturated/α-hetero) is 2. The maximum atomic E-state index is 12.3. The molecule has 132 valence electrons. The maximum absolute atomic E-state index is 12.3. The van der Waals surface area contributed by atoms with Crippen LogP contribution in [0.2, 0.25) is 0 Å². The van der Waals surface area contributed by atoms with E-state index >= 15 is 0 Å². The number of rotatable bonds is 9. The van der Waals surface area contributed by atoms with Crippen LogP contribution >= 0.6 is 0 Å². The lowest BCUT2D eigenvalue weighted by atomic mass is 9.86. The van der Waals surface area contributed by atoms with Gasteiger partial charge in [-0.3, -0.25) is 9.59 Å². The molecule has 0 fully saturated rings. The summed E-state index contributed by atoms with van der Waals surface area (Å²) in [6.45, 7) is 1.78. The van der Waals surface area contributed by atoms with Gasteiger partial charge in [0, 0.05) is 18.8 Å². The number of carbonyl (C=O) groups is 2. The fourth-order valence-corrected chi connectivity index (χ4v) is 2.75. The minimum absolute atomic E-state index is 0.000685. The van der Waals surface area contributed by atoms with Crippen molar-refractivity contribution in [1.82, 2.24) is 0 Å². The van der Waals surface area contributed by atoms with Gasteiger partial charge < -0.3 is 9.47 Å². The van der Waals surface area contributed by atoms with Crippen LogP contribution in [0.1, 0.15) is 43.2 Å². The molecule has 4 heteroatoms. The SMILES string of the molecule is CCC(=O)CC(=O)CC(c1ccc(OC)cc1)c1ccc(OC)cc1. The number of ether oxygens (including phenoxy) is 2. The van der Waals surface area contributed by atoms with E-state index in [9.17, 15) is 9.59 Å². The Morgan fingerprint density at radius 3 is 1.60 bits per heavy atom. The maximum Gasteiger partial charge on any atom is 0.141 e. The molecule has 0 radical (unpaired) electrons. The van der Waals surface area contributed by atoms with Gasteiger partial charge >= 0.3 is 0 Å². The standard InChI is InChI=1S/C21H24O4/c1-4-17(22)13-18(23)14-21(15-5-9-19(24-2)10-6-15)16-7-11-20(25-3)12-8-16/h5-12,21H,4,13-14H2,1-3H3. The van der Waals surface area contributed by atoms with Gasteiger partial charge in [0.05, 0.1) is 20.6 Å². The van der Waals surface area contributed by atoms with E-state index in [1.807, 2.05) is 48.5 Å². The molecule has 0 aliphatic heterocycles. The molecule has 25 heavy (non-hydrogen) atoms. The molecular formula is C21H24O4. The fraction of sp³-hybridized carbons (Fsp3) is 0.333. The van der Waals surface area contributed by atoms with Crippen LogP contribution in [0.25, 0.3) is 0 Å². The molecule has 0 amide bonds. The zero-order valence-electron chi connectivity index (χ0n) is 15.0. The highest BCUT2D eigenvalue weighted by Crippen LogP contribution is 2.31. The number of ketones is 2. The van der Waals surface area contributed by atoms with Crippen LogP contribution in [0.5, 0.6) is 11.5 Å². The van der Waals surface area contributed by atoms with E-state index in [1.54, 1.807) is 21.1 Å². The van der Waals surface area contributed by atoms with E-state index in [0.29, 0.717) is 12.8 Å². The second-order valence-electron chi connectivity index (χ2n) is 5.91. The molecule has 0 bridgehead atoms. The molecule has 0 aromatic heterocycles. The minimum atomic E-state index is -0.103. The van der Waals surface area contributed by atoms with Crippen molar-refractivity contribution in [3.63, 3.8) is 0 Å². The largest absolute Gasteiger partial charge is 0.497 e. The van der Waals surface area contributed by atoms with Gasteiger partial charge in [0.2, 0.25) is 0 Å². The third-order valence-corrected chi connectivity index (χ3v) is 4.26. The lowest BCUT2D eigenvalue weighted by molar-refractivity contribution is -0.126. The van der Waals surface area contributed by atoms with Crippen molar-refractivity contribution in [2.24, 2.45) is 0 Å². The predicted octanol–water partition coefficient (Wildman–Crippen LogP) is 4.16. The first-order chi connectivity index (χ1) is 12.1. The predicted molar refractivity (Wildman–Crippen MR) is 97.4 cm³/mol. The van der Waals surface area contributed by atoms with Crippen molar-refractivity contribution in [3.8, 4) is 11.5 Å². The second-order valence-corrected chi connectivity index (χ2v) is 5.91. The van der Waals surface area contributed by atoms with Crippen molar-refractivity contribution < 1.29 is 19.1 Å². The highest BCUT2D eigenvalue weighted by atomic mass is 16.5. The Bertz CT molecular complexity index is 654. The van der Waals surface area contributed by atoms with Crippen molar-refractivity contribution in [3.05, 3.63) is 59.7 Å². The third kappa shape index (κ3) is 5.18. The molecule has 4 nitrogen and oxygen atoms in total. The number of methoxy groups -OCH3 is 2. The highest BCUT2D eigenvalue weighted by molar-refractivity contribution is 5.99. The van der Waals surface area contributed by atoms with Crippen LogP contribution in [0.4, 0.5) is 0 Å². The Morgan fingerprint density at radius 2 is 1.24 bits per heavy atom. The summed E-state index contributed by atoms with van der Waals surface area (Å²) >= 11 is 0. The Kier molecular flexibility index (Phi) is 6.75. The lowest BCUT2D eigenvalue weighted by Crippen LogP contribution is -2.12.